The molecule has 0 fully saturated rings. The number of hydrogen-bond donors (Lipinski definition) is 0. The van der Waals surface area contributed by atoms with Crippen molar-refractivity contribution >= 4 is 11.9 Å². The molecule has 0 N–H and O–H groups in total. The topological polar surface area (TPSA) is 80.3 Å². The van der Waals surface area contributed by atoms with Gasteiger partial charge >= 0.3 is 27.3 Å². The van der Waals surface area contributed by atoms with Crippen molar-refractivity contribution in [1.82, 2.24) is 0 Å². The molecule has 0 saturated heterocycles. The normalized spacial score (nSPS) is 8.42. The molecule has 2 aromatic carbocycles. The molecule has 0 saturated carbocycles. The van der Waals surface area contributed by atoms with E-state index in [1.807, 2.05) is 0 Å². The Bertz CT molecular complexity index is 462. The second-order valence-corrected chi connectivity index (χ2v) is 3.31. The van der Waals surface area contributed by atoms with Gasteiger partial charge in [-0.3, -0.25) is 0 Å². The molecule has 0 spiro atoms. The Morgan fingerprint density at radius 2 is 0.895 bits per heavy atom. The summed E-state index contributed by atoms with van der Waals surface area (Å²) in [6.07, 6.45) is 0. The summed E-state index contributed by atoms with van der Waals surface area (Å²) in [4.78, 5) is 20.2. The van der Waals surface area contributed by atoms with Gasteiger partial charge < -0.3 is 19.8 Å². The van der Waals surface area contributed by atoms with Crippen LogP contribution in [0.4, 0.5) is 0 Å². The number of aromatic carboxylic acids is 2. The van der Waals surface area contributed by atoms with E-state index in [-0.39, 0.29) is 38.4 Å². The van der Waals surface area contributed by atoms with Crippen LogP contribution in [0.15, 0.2) is 60.7 Å². The van der Waals surface area contributed by atoms with Crippen molar-refractivity contribution in [1.29, 1.82) is 0 Å². The molecule has 0 radical (unpaired) electrons. The molecule has 0 bridgehead atoms. The first-order valence-corrected chi connectivity index (χ1v) is 5.14. The fraction of sp³-hybridized carbons (Fsp3) is 0. The van der Waals surface area contributed by atoms with Crippen molar-refractivity contribution in [3.05, 3.63) is 71.8 Å². The predicted molar refractivity (Wildman–Crippen MR) is 61.5 cm³/mol. The monoisotopic (exact) mass is 356 g/mol. The molecule has 0 atom stereocenters. The summed E-state index contributed by atoms with van der Waals surface area (Å²) in [5.74, 6) is -2.26. The minimum absolute atomic E-state index is 0. The third-order valence-electron chi connectivity index (χ3n) is 2.02. The molecule has 0 aliphatic carbocycles. The van der Waals surface area contributed by atoms with E-state index < -0.39 is 11.9 Å². The van der Waals surface area contributed by atoms with E-state index in [2.05, 4.69) is 0 Å². The largest absolute Gasteiger partial charge is 2.00 e. The maximum absolute atomic E-state index is 10.1. The van der Waals surface area contributed by atoms with Gasteiger partial charge in [0.05, 0.1) is 11.9 Å². The van der Waals surface area contributed by atoms with Gasteiger partial charge in [-0.15, -0.1) is 0 Å². The fourth-order valence-electron chi connectivity index (χ4n) is 1.15. The van der Waals surface area contributed by atoms with E-state index in [1.165, 1.54) is 24.3 Å². The molecule has 0 aromatic heterocycles. The van der Waals surface area contributed by atoms with Crippen LogP contribution in [-0.2, 0) is 27.3 Å². The minimum atomic E-state index is -1.13. The van der Waals surface area contributed by atoms with Crippen molar-refractivity contribution in [2.45, 2.75) is 0 Å². The number of carboxylic acid groups (broad SMARTS) is 2. The van der Waals surface area contributed by atoms with Crippen molar-refractivity contribution in [2.24, 2.45) is 0 Å². The van der Waals surface area contributed by atoms with E-state index in [4.69, 9.17) is 0 Å². The van der Waals surface area contributed by atoms with Gasteiger partial charge in [-0.25, -0.2) is 0 Å². The molecule has 0 heterocycles. The molecule has 2 aromatic rings. The first-order valence-electron chi connectivity index (χ1n) is 5.14. The maximum atomic E-state index is 10.1. The smallest absolute Gasteiger partial charge is 0.545 e. The van der Waals surface area contributed by atoms with Crippen LogP contribution in [0.1, 0.15) is 20.7 Å². The molecule has 4 nitrogen and oxygen atoms in total. The number of carboxylic acids is 2. The minimum Gasteiger partial charge on any atom is -0.545 e. The second-order valence-electron chi connectivity index (χ2n) is 3.31. The standard InChI is InChI=1S/2C7H6O2.Cd/c2*8-7(9)6-4-2-1-3-5-6;/h2*1-5H,(H,8,9);/q;;+2/p-2. The predicted octanol–water partition coefficient (Wildman–Crippen LogP) is 0.0977. The van der Waals surface area contributed by atoms with E-state index >= 15 is 0 Å². The zero-order valence-electron chi connectivity index (χ0n) is 10.1. The van der Waals surface area contributed by atoms with Crippen LogP contribution in [0, 0.1) is 0 Å². The molecule has 19 heavy (non-hydrogen) atoms. The van der Waals surface area contributed by atoms with Crippen LogP contribution in [-0.4, -0.2) is 11.9 Å². The van der Waals surface area contributed by atoms with Gasteiger partial charge in [0, 0.05) is 0 Å². The Morgan fingerprint density at radius 3 is 1.05 bits per heavy atom. The van der Waals surface area contributed by atoms with Crippen molar-refractivity contribution in [3.63, 3.8) is 0 Å². The molecule has 0 aliphatic rings. The zero-order chi connectivity index (χ0) is 13.4. The van der Waals surface area contributed by atoms with E-state index in [0.29, 0.717) is 0 Å². The Morgan fingerprint density at radius 1 is 0.632 bits per heavy atom. The van der Waals surface area contributed by atoms with Crippen LogP contribution in [0.25, 0.3) is 0 Å². The van der Waals surface area contributed by atoms with Crippen LogP contribution < -0.4 is 10.2 Å². The van der Waals surface area contributed by atoms with Gasteiger partial charge in [-0.05, 0) is 11.1 Å². The number of rotatable bonds is 2. The molecule has 2 rings (SSSR count). The number of carbonyl (C=O) groups excluding carboxylic acids is 2. The first-order chi connectivity index (χ1) is 8.61. The molecule has 92 valence electrons. The summed E-state index contributed by atoms with van der Waals surface area (Å²) in [6.45, 7) is 0. The average molecular weight is 355 g/mol. The van der Waals surface area contributed by atoms with Gasteiger partial charge in [0.2, 0.25) is 0 Å². The van der Waals surface area contributed by atoms with Crippen molar-refractivity contribution in [3.8, 4) is 0 Å². The molecule has 5 heteroatoms. The number of hydrogen-bond acceptors (Lipinski definition) is 4. The summed E-state index contributed by atoms with van der Waals surface area (Å²) >= 11 is 0. The zero-order valence-corrected chi connectivity index (χ0v) is 14.1. The van der Waals surface area contributed by atoms with Gasteiger partial charge in [0.15, 0.2) is 0 Å². The van der Waals surface area contributed by atoms with E-state index in [1.54, 1.807) is 36.4 Å². The number of benzene rings is 2. The van der Waals surface area contributed by atoms with Gasteiger partial charge in [-0.2, -0.15) is 0 Å². The Labute approximate surface area is 130 Å². The van der Waals surface area contributed by atoms with Crippen molar-refractivity contribution in [2.75, 3.05) is 0 Å². The number of carbonyl (C=O) groups is 2. The Balaban J connectivity index is 0.000000324. The van der Waals surface area contributed by atoms with Crippen molar-refractivity contribution < 1.29 is 47.1 Å². The van der Waals surface area contributed by atoms with E-state index in [0.717, 1.165) is 0 Å². The summed E-state index contributed by atoms with van der Waals surface area (Å²) in [7, 11) is 0. The SMILES string of the molecule is O=C([O-])c1ccccc1.O=C([O-])c1ccccc1.[Cd+2]. The van der Waals surface area contributed by atoms with Gasteiger partial charge in [0.1, 0.15) is 0 Å². The summed E-state index contributed by atoms with van der Waals surface area (Å²) < 4.78 is 0. The Hall–Kier alpha value is -1.70. The third-order valence-corrected chi connectivity index (χ3v) is 2.02. The molecular weight excluding hydrogens is 345 g/mol. The molecule has 0 aliphatic heterocycles. The van der Waals surface area contributed by atoms with E-state index in [9.17, 15) is 19.8 Å². The first kappa shape index (κ1) is 17.3. The maximum Gasteiger partial charge on any atom is 2.00 e. The Kier molecular flexibility index (Phi) is 8.43. The summed E-state index contributed by atoms with van der Waals surface area (Å²) in [5, 5.41) is 20.2. The van der Waals surface area contributed by atoms with Crippen LogP contribution in [0.3, 0.4) is 0 Å². The van der Waals surface area contributed by atoms with Crippen LogP contribution in [0.5, 0.6) is 0 Å². The van der Waals surface area contributed by atoms with Gasteiger partial charge in [-0.1, -0.05) is 60.7 Å². The summed E-state index contributed by atoms with van der Waals surface area (Å²) in [6, 6.07) is 16.1. The average Bonchev–Trinajstić information content (AvgIpc) is 2.41. The quantitative estimate of drug-likeness (QED) is 0.716. The fourth-order valence-corrected chi connectivity index (χ4v) is 1.15. The van der Waals surface area contributed by atoms with Crippen LogP contribution in [0.2, 0.25) is 0 Å². The molecule has 0 amide bonds. The second kappa shape index (κ2) is 9.26. The molecular formula is C14H10CdO4. The third kappa shape index (κ3) is 6.70. The molecule has 0 unspecified atom stereocenters. The van der Waals surface area contributed by atoms with Crippen LogP contribution >= 0.6 is 0 Å². The van der Waals surface area contributed by atoms with Gasteiger partial charge in [0.25, 0.3) is 0 Å². The summed E-state index contributed by atoms with van der Waals surface area (Å²) in [5.41, 5.74) is 0.440.